The fraction of sp³-hybridized carbons (Fsp3) is 0.742. The highest BCUT2D eigenvalue weighted by atomic mass is 16.8. The molecule has 0 aromatic carbocycles. The maximum Gasteiger partial charge on any atom is 0.220 e. The second-order valence-electron chi connectivity index (χ2n) is 22.5. The molecule has 3 rings (SSSR count). The van der Waals surface area contributed by atoms with Crippen molar-refractivity contribution in [3.63, 3.8) is 0 Å². The van der Waals surface area contributed by atoms with Crippen LogP contribution in [0.2, 0.25) is 0 Å². The van der Waals surface area contributed by atoms with Crippen molar-refractivity contribution in [3.05, 3.63) is 97.2 Å². The number of carbonyl (C=O) groups is 1. The Morgan fingerprint density at radius 3 is 1.27 bits per heavy atom. The number of amides is 1. The van der Waals surface area contributed by atoms with Crippen LogP contribution in [0, 0.1) is 0 Å². The van der Waals surface area contributed by atoms with E-state index in [1.807, 2.05) is 6.08 Å². The van der Waals surface area contributed by atoms with Crippen LogP contribution in [0.3, 0.4) is 0 Å². The molecule has 3 saturated heterocycles. The number of hydrogen-bond donors (Lipinski definition) is 12. The molecule has 3 heterocycles. The van der Waals surface area contributed by atoms with E-state index in [2.05, 4.69) is 104 Å². The highest BCUT2D eigenvalue weighted by molar-refractivity contribution is 5.76. The Bertz CT molecular complexity index is 1920. The SMILES string of the molecule is CC/C=C\C/C=C\C/C=C\C/C=C\C/C=C\C/C=C\C/C=C\CCCCCCCCCCCC(=O)NC(COC1OC(CO)C(OC2OC(CO)C(OC3OC(CO)C(O)C(O)C3O)C(O)C2O)C(O)C1O)C(O)/C=C/CCCCCCCCC. The fourth-order valence-electron chi connectivity index (χ4n) is 10.2. The second-order valence-corrected chi connectivity index (χ2v) is 22.5. The number of aliphatic hydroxyl groups is 11. The average Bonchev–Trinajstić information content (AvgIpc) is 2.29. The van der Waals surface area contributed by atoms with Gasteiger partial charge in [-0.2, -0.15) is 0 Å². The van der Waals surface area contributed by atoms with Gasteiger partial charge in [0.05, 0.1) is 38.6 Å². The standard InChI is InChI=1S/C66H111NO18/c1-3-5-7-9-11-13-14-15-16-17-18-19-20-21-22-23-24-25-26-27-28-29-30-31-32-33-34-36-38-40-42-44-54(72)67-49(50(71)43-41-39-37-35-12-10-8-6-4-2)48-80-64-60(78)57(75)62(52(46-69)82-64)85-66-61(79)58(76)63(53(47-70)83-66)84-65-59(77)56(74)55(73)51(45-68)81-65/h5,7,11,13,15-16,18-19,21-22,24-25,27-28,41,43,49-53,55-66,68-71,73-79H,3-4,6,8-10,12,14,17,20,23,26,29-40,42,44-48H2,1-2H3,(H,67,72)/b7-5-,13-11-,16-15-,19-18-,22-21-,25-24-,28-27-,43-41+. The molecule has 3 fully saturated rings. The lowest BCUT2D eigenvalue weighted by Crippen LogP contribution is -2.66. The van der Waals surface area contributed by atoms with Crippen molar-refractivity contribution in [2.45, 2.75) is 285 Å². The summed E-state index contributed by atoms with van der Waals surface area (Å²) in [7, 11) is 0. The van der Waals surface area contributed by atoms with Gasteiger partial charge in [0, 0.05) is 6.42 Å². The normalized spacial score (nSPS) is 29.6. The fourth-order valence-corrected chi connectivity index (χ4v) is 10.2. The molecular formula is C66H111NO18. The second kappa shape index (κ2) is 47.7. The van der Waals surface area contributed by atoms with E-state index in [1.54, 1.807) is 6.08 Å². The molecule has 12 N–H and O–H groups in total. The third-order valence-corrected chi connectivity index (χ3v) is 15.4. The van der Waals surface area contributed by atoms with Gasteiger partial charge in [-0.05, 0) is 77.0 Å². The first-order valence-corrected chi connectivity index (χ1v) is 32.0. The molecule has 17 unspecified atom stereocenters. The molecule has 0 radical (unpaired) electrons. The lowest BCUT2D eigenvalue weighted by Gasteiger charge is -2.48. The van der Waals surface area contributed by atoms with Crippen molar-refractivity contribution in [1.82, 2.24) is 5.32 Å². The molecule has 488 valence electrons. The number of ether oxygens (including phenoxy) is 6. The molecule has 19 nitrogen and oxygen atoms in total. The zero-order valence-electron chi connectivity index (χ0n) is 51.0. The molecule has 1 amide bonds. The Kier molecular flexibility index (Phi) is 42.6. The summed E-state index contributed by atoms with van der Waals surface area (Å²) in [5.74, 6) is -0.290. The molecule has 19 heteroatoms. The zero-order valence-corrected chi connectivity index (χ0v) is 51.0. The molecule has 0 bridgehead atoms. The third kappa shape index (κ3) is 30.7. The molecule has 0 aliphatic carbocycles. The van der Waals surface area contributed by atoms with E-state index in [9.17, 15) is 61.0 Å². The number of allylic oxidation sites excluding steroid dienone is 15. The quantitative estimate of drug-likeness (QED) is 0.0217. The van der Waals surface area contributed by atoms with Gasteiger partial charge in [-0.1, -0.05) is 195 Å². The monoisotopic (exact) mass is 1210 g/mol. The van der Waals surface area contributed by atoms with Crippen LogP contribution in [0.5, 0.6) is 0 Å². The van der Waals surface area contributed by atoms with E-state index in [1.165, 1.54) is 51.4 Å². The first-order chi connectivity index (χ1) is 41.3. The van der Waals surface area contributed by atoms with Gasteiger partial charge in [0.2, 0.25) is 5.91 Å². The Labute approximate surface area is 507 Å². The van der Waals surface area contributed by atoms with E-state index < -0.39 is 124 Å². The Morgan fingerprint density at radius 2 is 0.812 bits per heavy atom. The molecule has 17 atom stereocenters. The van der Waals surface area contributed by atoms with Gasteiger partial charge in [-0.25, -0.2) is 0 Å². The highest BCUT2D eigenvalue weighted by Crippen LogP contribution is 2.33. The van der Waals surface area contributed by atoms with Gasteiger partial charge < -0.3 is 89.9 Å². The molecular weight excluding hydrogens is 1090 g/mol. The van der Waals surface area contributed by atoms with E-state index in [0.717, 1.165) is 103 Å². The minimum Gasteiger partial charge on any atom is -0.394 e. The molecule has 0 aromatic heterocycles. The van der Waals surface area contributed by atoms with Crippen molar-refractivity contribution in [3.8, 4) is 0 Å². The topological polar surface area (TPSA) is 307 Å². The predicted molar refractivity (Wildman–Crippen MR) is 327 cm³/mol. The minimum absolute atomic E-state index is 0.229. The van der Waals surface area contributed by atoms with Crippen LogP contribution in [0.1, 0.15) is 181 Å². The molecule has 0 aromatic rings. The molecule has 0 spiro atoms. The molecule has 3 aliphatic heterocycles. The molecule has 0 saturated carbocycles. The van der Waals surface area contributed by atoms with Crippen LogP contribution in [-0.4, -0.2) is 193 Å². The third-order valence-electron chi connectivity index (χ3n) is 15.4. The summed E-state index contributed by atoms with van der Waals surface area (Å²) in [4.78, 5) is 13.3. The minimum atomic E-state index is -1.98. The Balaban J connectivity index is 1.38. The van der Waals surface area contributed by atoms with Crippen molar-refractivity contribution in [2.24, 2.45) is 0 Å². The summed E-state index contributed by atoms with van der Waals surface area (Å²) in [6.45, 7) is 1.54. The number of unbranched alkanes of at least 4 members (excludes halogenated alkanes) is 16. The number of aliphatic hydroxyl groups excluding tert-OH is 11. The van der Waals surface area contributed by atoms with E-state index in [4.69, 9.17) is 28.4 Å². The van der Waals surface area contributed by atoms with Crippen molar-refractivity contribution in [1.29, 1.82) is 0 Å². The smallest absolute Gasteiger partial charge is 0.220 e. The Morgan fingerprint density at radius 1 is 0.435 bits per heavy atom. The summed E-state index contributed by atoms with van der Waals surface area (Å²) in [5, 5.41) is 120. The lowest BCUT2D eigenvalue weighted by molar-refractivity contribution is -0.379. The Hall–Kier alpha value is -3.29. The summed E-state index contributed by atoms with van der Waals surface area (Å²) in [6, 6.07) is -0.980. The molecule has 85 heavy (non-hydrogen) atoms. The van der Waals surface area contributed by atoms with Crippen molar-refractivity contribution >= 4 is 5.91 Å². The van der Waals surface area contributed by atoms with Crippen LogP contribution in [0.4, 0.5) is 0 Å². The van der Waals surface area contributed by atoms with Gasteiger partial charge in [0.1, 0.15) is 73.2 Å². The summed E-state index contributed by atoms with van der Waals surface area (Å²) < 4.78 is 34.2. The average molecular weight is 1210 g/mol. The summed E-state index contributed by atoms with van der Waals surface area (Å²) >= 11 is 0. The number of rotatable bonds is 46. The van der Waals surface area contributed by atoms with Gasteiger partial charge in [-0.3, -0.25) is 4.79 Å². The maximum atomic E-state index is 13.3. The van der Waals surface area contributed by atoms with E-state index in [-0.39, 0.29) is 18.9 Å². The lowest BCUT2D eigenvalue weighted by atomic mass is 9.96. The van der Waals surface area contributed by atoms with Gasteiger partial charge >= 0.3 is 0 Å². The van der Waals surface area contributed by atoms with Crippen molar-refractivity contribution in [2.75, 3.05) is 26.4 Å². The highest BCUT2D eigenvalue weighted by Gasteiger charge is 2.53. The summed E-state index contributed by atoms with van der Waals surface area (Å²) in [6.07, 6.45) is 34.1. The molecule has 3 aliphatic rings. The van der Waals surface area contributed by atoms with Crippen molar-refractivity contribution < 1.29 is 89.4 Å². The van der Waals surface area contributed by atoms with E-state index >= 15 is 0 Å². The largest absolute Gasteiger partial charge is 0.394 e. The van der Waals surface area contributed by atoms with Gasteiger partial charge in [0.25, 0.3) is 0 Å². The van der Waals surface area contributed by atoms with Gasteiger partial charge in [0.15, 0.2) is 18.9 Å². The van der Waals surface area contributed by atoms with Crippen LogP contribution < -0.4 is 5.32 Å². The number of hydrogen-bond acceptors (Lipinski definition) is 18. The first-order valence-electron chi connectivity index (χ1n) is 32.0. The summed E-state index contributed by atoms with van der Waals surface area (Å²) in [5.41, 5.74) is 0. The maximum absolute atomic E-state index is 13.3. The van der Waals surface area contributed by atoms with E-state index in [0.29, 0.717) is 6.42 Å². The predicted octanol–water partition coefficient (Wildman–Crippen LogP) is 6.93. The van der Waals surface area contributed by atoms with Gasteiger partial charge in [-0.15, -0.1) is 0 Å². The number of carbonyl (C=O) groups excluding carboxylic acids is 1. The van der Waals surface area contributed by atoms with Crippen LogP contribution in [-0.2, 0) is 33.2 Å². The number of nitrogens with one attached hydrogen (secondary N) is 1. The first kappa shape index (κ1) is 76.0. The van der Waals surface area contributed by atoms with Crippen LogP contribution in [0.25, 0.3) is 0 Å². The van der Waals surface area contributed by atoms with Crippen LogP contribution in [0.15, 0.2) is 97.2 Å². The van der Waals surface area contributed by atoms with Crippen LogP contribution >= 0.6 is 0 Å². The zero-order chi connectivity index (χ0) is 61.9.